The number of aromatic nitrogens is 1. The molecule has 1 unspecified atom stereocenters. The molecule has 102 valence electrons. The van der Waals surface area contributed by atoms with Gasteiger partial charge in [-0.05, 0) is 19.9 Å². The molecule has 0 spiro atoms. The van der Waals surface area contributed by atoms with Crippen LogP contribution in [0.1, 0.15) is 42.6 Å². The van der Waals surface area contributed by atoms with Gasteiger partial charge in [0.2, 0.25) is 0 Å². The number of pyridine rings is 1. The second-order valence-corrected chi connectivity index (χ2v) is 4.52. The zero-order valence-corrected chi connectivity index (χ0v) is 11.4. The molecule has 2 rings (SSSR count). The van der Waals surface area contributed by atoms with Gasteiger partial charge in [0.25, 0.3) is 0 Å². The number of nitrogens with zero attached hydrogens (tertiary/aromatic N) is 2. The van der Waals surface area contributed by atoms with E-state index in [9.17, 15) is 4.79 Å². The molecular weight excluding hydrogens is 270 g/mol. The summed E-state index contributed by atoms with van der Waals surface area (Å²) in [5.41, 5.74) is 7.44. The minimum atomic E-state index is -0.600. The molecule has 6 nitrogen and oxygen atoms in total. The standard InChI is InChI=1S/C12H14ClN3O3/c1-3-18-12(17)11-10(13)7(14)5-8(15-11)9-4-6(2)16-19-9/h5,9H,3-4H2,1-2H3,(H2,14,15). The Morgan fingerprint density at radius 2 is 2.42 bits per heavy atom. The van der Waals surface area contributed by atoms with Crippen LogP contribution in [-0.2, 0) is 9.57 Å². The van der Waals surface area contributed by atoms with Crippen LogP contribution in [0.2, 0.25) is 5.02 Å². The summed E-state index contributed by atoms with van der Waals surface area (Å²) in [7, 11) is 0. The van der Waals surface area contributed by atoms with Crippen LogP contribution < -0.4 is 5.73 Å². The van der Waals surface area contributed by atoms with Gasteiger partial charge >= 0.3 is 5.97 Å². The van der Waals surface area contributed by atoms with E-state index in [1.807, 2.05) is 6.92 Å². The maximum atomic E-state index is 11.8. The third-order valence-electron chi connectivity index (χ3n) is 2.62. The molecule has 1 aliphatic rings. The average molecular weight is 284 g/mol. The molecule has 1 atom stereocenters. The molecule has 0 aromatic carbocycles. The first-order valence-electron chi connectivity index (χ1n) is 5.85. The predicted octanol–water partition coefficient (Wildman–Crippen LogP) is 2.33. The highest BCUT2D eigenvalue weighted by Gasteiger charge is 2.25. The average Bonchev–Trinajstić information content (AvgIpc) is 2.79. The van der Waals surface area contributed by atoms with E-state index < -0.39 is 5.97 Å². The van der Waals surface area contributed by atoms with Crippen molar-refractivity contribution in [3.8, 4) is 0 Å². The molecule has 1 aromatic heterocycles. The number of carbonyl (C=O) groups excluding carboxylic acids is 1. The number of nitrogens with two attached hydrogens (primary N) is 1. The van der Waals surface area contributed by atoms with Crippen LogP contribution >= 0.6 is 11.6 Å². The van der Waals surface area contributed by atoms with Crippen molar-refractivity contribution in [3.63, 3.8) is 0 Å². The van der Waals surface area contributed by atoms with Gasteiger partial charge < -0.3 is 15.3 Å². The Kier molecular flexibility index (Phi) is 3.90. The van der Waals surface area contributed by atoms with E-state index in [1.54, 1.807) is 13.0 Å². The number of esters is 1. The van der Waals surface area contributed by atoms with Crippen LogP contribution in [-0.4, -0.2) is 23.3 Å². The number of hydrogen-bond donors (Lipinski definition) is 1. The van der Waals surface area contributed by atoms with E-state index >= 15 is 0 Å². The fourth-order valence-corrected chi connectivity index (χ4v) is 1.90. The minimum Gasteiger partial charge on any atom is -0.461 e. The highest BCUT2D eigenvalue weighted by Crippen LogP contribution is 2.31. The Labute approximate surface area is 115 Å². The number of ether oxygens (including phenoxy) is 1. The number of rotatable bonds is 3. The molecule has 0 aliphatic carbocycles. The van der Waals surface area contributed by atoms with Crippen LogP contribution in [0.4, 0.5) is 5.69 Å². The molecule has 0 bridgehead atoms. The molecule has 0 fully saturated rings. The second kappa shape index (κ2) is 5.44. The molecule has 0 saturated carbocycles. The van der Waals surface area contributed by atoms with Crippen LogP contribution in [0, 0.1) is 0 Å². The maximum Gasteiger partial charge on any atom is 0.358 e. The molecule has 0 radical (unpaired) electrons. The molecule has 2 heterocycles. The first kappa shape index (κ1) is 13.6. The van der Waals surface area contributed by atoms with Gasteiger partial charge in [-0.1, -0.05) is 16.8 Å². The number of halogens is 1. The monoisotopic (exact) mass is 283 g/mol. The summed E-state index contributed by atoms with van der Waals surface area (Å²) < 4.78 is 4.89. The molecule has 0 saturated heterocycles. The molecule has 2 N–H and O–H groups in total. The van der Waals surface area contributed by atoms with Crippen molar-refractivity contribution < 1.29 is 14.4 Å². The van der Waals surface area contributed by atoms with Gasteiger partial charge in [-0.3, -0.25) is 0 Å². The molecule has 7 heteroatoms. The fraction of sp³-hybridized carbons (Fsp3) is 0.417. The van der Waals surface area contributed by atoms with Gasteiger partial charge in [0.05, 0.1) is 28.7 Å². The van der Waals surface area contributed by atoms with E-state index in [2.05, 4.69) is 10.1 Å². The molecule has 1 aliphatic heterocycles. The van der Waals surface area contributed by atoms with Crippen molar-refractivity contribution in [1.82, 2.24) is 4.98 Å². The van der Waals surface area contributed by atoms with Gasteiger partial charge in [-0.25, -0.2) is 9.78 Å². The maximum absolute atomic E-state index is 11.8. The molecule has 0 amide bonds. The Morgan fingerprint density at radius 3 is 3.00 bits per heavy atom. The topological polar surface area (TPSA) is 86.8 Å². The highest BCUT2D eigenvalue weighted by molar-refractivity contribution is 6.35. The van der Waals surface area contributed by atoms with Gasteiger partial charge in [0.15, 0.2) is 11.8 Å². The lowest BCUT2D eigenvalue weighted by atomic mass is 10.1. The van der Waals surface area contributed by atoms with Gasteiger partial charge in [0.1, 0.15) is 0 Å². The summed E-state index contributed by atoms with van der Waals surface area (Å²) in [5, 5.41) is 3.94. The Morgan fingerprint density at radius 1 is 1.68 bits per heavy atom. The predicted molar refractivity (Wildman–Crippen MR) is 71.2 cm³/mol. The minimum absolute atomic E-state index is 0.00618. The fourth-order valence-electron chi connectivity index (χ4n) is 1.72. The summed E-state index contributed by atoms with van der Waals surface area (Å²) in [4.78, 5) is 21.2. The van der Waals surface area contributed by atoms with E-state index in [4.69, 9.17) is 26.9 Å². The molecular formula is C12H14ClN3O3. The normalized spacial score (nSPS) is 17.8. The number of carbonyl (C=O) groups is 1. The van der Waals surface area contributed by atoms with Crippen LogP contribution in [0.3, 0.4) is 0 Å². The first-order valence-corrected chi connectivity index (χ1v) is 6.23. The van der Waals surface area contributed by atoms with Crippen molar-refractivity contribution >= 4 is 29.0 Å². The summed E-state index contributed by atoms with van der Waals surface area (Å²) in [6, 6.07) is 1.59. The van der Waals surface area contributed by atoms with E-state index in [0.29, 0.717) is 12.1 Å². The smallest absolute Gasteiger partial charge is 0.358 e. The third kappa shape index (κ3) is 2.78. The van der Waals surface area contributed by atoms with E-state index in [1.165, 1.54) is 0 Å². The van der Waals surface area contributed by atoms with Crippen molar-refractivity contribution in [1.29, 1.82) is 0 Å². The largest absolute Gasteiger partial charge is 0.461 e. The quantitative estimate of drug-likeness (QED) is 0.860. The third-order valence-corrected chi connectivity index (χ3v) is 3.02. The van der Waals surface area contributed by atoms with Crippen LogP contribution in [0.25, 0.3) is 0 Å². The van der Waals surface area contributed by atoms with Crippen molar-refractivity contribution in [2.24, 2.45) is 5.16 Å². The SMILES string of the molecule is CCOC(=O)c1nc(C2CC(C)=NO2)cc(N)c1Cl. The highest BCUT2D eigenvalue weighted by atomic mass is 35.5. The number of nitrogen functional groups attached to an aromatic ring is 1. The molecule has 19 heavy (non-hydrogen) atoms. The number of oxime groups is 1. The Hall–Kier alpha value is -1.82. The van der Waals surface area contributed by atoms with Crippen molar-refractivity contribution in [3.05, 3.63) is 22.5 Å². The molecule has 1 aromatic rings. The van der Waals surface area contributed by atoms with Crippen LogP contribution in [0.5, 0.6) is 0 Å². The van der Waals surface area contributed by atoms with E-state index in [0.717, 1.165) is 5.71 Å². The van der Waals surface area contributed by atoms with Crippen molar-refractivity contribution in [2.75, 3.05) is 12.3 Å². The number of anilines is 1. The van der Waals surface area contributed by atoms with Crippen molar-refractivity contribution in [2.45, 2.75) is 26.4 Å². The lowest BCUT2D eigenvalue weighted by molar-refractivity contribution is 0.0516. The second-order valence-electron chi connectivity index (χ2n) is 4.14. The zero-order chi connectivity index (χ0) is 14.0. The summed E-state index contributed by atoms with van der Waals surface area (Å²) >= 11 is 5.97. The summed E-state index contributed by atoms with van der Waals surface area (Å²) in [6.07, 6.45) is 0.267. The lowest BCUT2D eigenvalue weighted by Crippen LogP contribution is -2.12. The number of hydrogen-bond acceptors (Lipinski definition) is 6. The first-order chi connectivity index (χ1) is 9.02. The Balaban J connectivity index is 2.34. The van der Waals surface area contributed by atoms with Gasteiger partial charge in [0, 0.05) is 6.42 Å². The summed E-state index contributed by atoms with van der Waals surface area (Å²) in [6.45, 7) is 3.80. The van der Waals surface area contributed by atoms with Crippen LogP contribution in [0.15, 0.2) is 11.2 Å². The van der Waals surface area contributed by atoms with Gasteiger partial charge in [-0.2, -0.15) is 0 Å². The zero-order valence-electron chi connectivity index (χ0n) is 10.6. The van der Waals surface area contributed by atoms with Gasteiger partial charge in [-0.15, -0.1) is 0 Å². The lowest BCUT2D eigenvalue weighted by Gasteiger charge is -2.12. The van der Waals surface area contributed by atoms with E-state index in [-0.39, 0.29) is 29.1 Å². The summed E-state index contributed by atoms with van der Waals surface area (Å²) in [5.74, 6) is -0.600. The Bertz CT molecular complexity index is 545.